The second kappa shape index (κ2) is 4.14. The van der Waals surface area contributed by atoms with Gasteiger partial charge in [-0.25, -0.2) is 9.78 Å². The van der Waals surface area contributed by atoms with E-state index in [0.717, 1.165) is 0 Å². The van der Waals surface area contributed by atoms with E-state index in [2.05, 4.69) is 14.7 Å². The van der Waals surface area contributed by atoms with E-state index in [4.69, 9.17) is 0 Å². The van der Waals surface area contributed by atoms with Crippen molar-refractivity contribution in [2.45, 2.75) is 0 Å². The third kappa shape index (κ3) is 1.79. The van der Waals surface area contributed by atoms with Crippen LogP contribution in [0.5, 0.6) is 0 Å². The molecule has 5 nitrogen and oxygen atoms in total. The molecule has 0 N–H and O–H groups in total. The molecule has 82 valence electrons. The van der Waals surface area contributed by atoms with Gasteiger partial charge in [0.2, 0.25) is 0 Å². The summed E-state index contributed by atoms with van der Waals surface area (Å²) in [4.78, 5) is 19.7. The molecule has 0 unspecified atom stereocenters. The van der Waals surface area contributed by atoms with Gasteiger partial charge in [-0.2, -0.15) is 0 Å². The average molecular weight is 217 g/mol. The zero-order chi connectivity index (χ0) is 11.5. The first kappa shape index (κ1) is 10.4. The number of imidazole rings is 1. The highest BCUT2D eigenvalue weighted by Gasteiger charge is 2.09. The molecule has 0 saturated heterocycles. The highest BCUT2D eigenvalue weighted by Crippen LogP contribution is 2.15. The first-order valence-corrected chi connectivity index (χ1v) is 4.74. The van der Waals surface area contributed by atoms with Crippen LogP contribution in [0, 0.1) is 0 Å². The molecule has 2 aromatic rings. The fourth-order valence-electron chi connectivity index (χ4n) is 1.41. The summed E-state index contributed by atoms with van der Waals surface area (Å²) in [6, 6.07) is 3.27. The Balaban J connectivity index is 2.44. The standard InChI is InChI=1S/C11H11N3O2/c1-14-6-5-13-10(14)9-7-8(3-4-12-9)11(15)16-2/h3-7H,1-2H3. The predicted molar refractivity (Wildman–Crippen MR) is 57.8 cm³/mol. The fraction of sp³-hybridized carbons (Fsp3) is 0.182. The van der Waals surface area contributed by atoms with Crippen molar-refractivity contribution in [2.75, 3.05) is 7.11 Å². The van der Waals surface area contributed by atoms with Gasteiger partial charge in [0.1, 0.15) is 5.69 Å². The second-order valence-electron chi connectivity index (χ2n) is 3.28. The monoisotopic (exact) mass is 217 g/mol. The van der Waals surface area contributed by atoms with Gasteiger partial charge in [-0.15, -0.1) is 0 Å². The van der Waals surface area contributed by atoms with Crippen LogP contribution in [0.15, 0.2) is 30.7 Å². The van der Waals surface area contributed by atoms with E-state index in [1.807, 2.05) is 17.8 Å². The van der Waals surface area contributed by atoms with Crippen molar-refractivity contribution in [3.05, 3.63) is 36.3 Å². The van der Waals surface area contributed by atoms with Crippen molar-refractivity contribution < 1.29 is 9.53 Å². The summed E-state index contributed by atoms with van der Waals surface area (Å²) in [5, 5.41) is 0. The zero-order valence-corrected chi connectivity index (χ0v) is 9.04. The van der Waals surface area contributed by atoms with Crippen LogP contribution in [0.25, 0.3) is 11.5 Å². The number of methoxy groups -OCH3 is 1. The van der Waals surface area contributed by atoms with Crippen LogP contribution in [-0.4, -0.2) is 27.6 Å². The maximum Gasteiger partial charge on any atom is 0.337 e. The lowest BCUT2D eigenvalue weighted by molar-refractivity contribution is 0.0600. The molecular weight excluding hydrogens is 206 g/mol. The van der Waals surface area contributed by atoms with Crippen molar-refractivity contribution in [3.63, 3.8) is 0 Å². The van der Waals surface area contributed by atoms with Gasteiger partial charge in [0, 0.05) is 25.6 Å². The van der Waals surface area contributed by atoms with Crippen LogP contribution in [0.1, 0.15) is 10.4 Å². The van der Waals surface area contributed by atoms with Crippen LogP contribution in [0.2, 0.25) is 0 Å². The lowest BCUT2D eigenvalue weighted by Crippen LogP contribution is -2.02. The third-order valence-corrected chi connectivity index (χ3v) is 2.23. The minimum atomic E-state index is -0.377. The van der Waals surface area contributed by atoms with Gasteiger partial charge < -0.3 is 9.30 Å². The smallest absolute Gasteiger partial charge is 0.337 e. The van der Waals surface area contributed by atoms with E-state index in [-0.39, 0.29) is 5.97 Å². The molecule has 0 amide bonds. The number of aryl methyl sites for hydroxylation is 1. The number of ether oxygens (including phenoxy) is 1. The molecule has 0 aromatic carbocycles. The van der Waals surface area contributed by atoms with Crippen molar-refractivity contribution in [1.29, 1.82) is 0 Å². The number of hydrogen-bond donors (Lipinski definition) is 0. The fourth-order valence-corrected chi connectivity index (χ4v) is 1.41. The lowest BCUT2D eigenvalue weighted by Gasteiger charge is -2.03. The number of carbonyl (C=O) groups is 1. The summed E-state index contributed by atoms with van der Waals surface area (Å²) >= 11 is 0. The highest BCUT2D eigenvalue weighted by atomic mass is 16.5. The largest absolute Gasteiger partial charge is 0.465 e. The van der Waals surface area contributed by atoms with Gasteiger partial charge in [0.15, 0.2) is 5.82 Å². The number of rotatable bonds is 2. The Morgan fingerprint density at radius 2 is 2.19 bits per heavy atom. The van der Waals surface area contributed by atoms with Crippen molar-refractivity contribution in [1.82, 2.24) is 14.5 Å². The molecule has 0 aliphatic rings. The number of pyridine rings is 1. The van der Waals surface area contributed by atoms with Gasteiger partial charge in [0.05, 0.1) is 12.7 Å². The van der Waals surface area contributed by atoms with Crippen molar-refractivity contribution in [2.24, 2.45) is 7.05 Å². The van der Waals surface area contributed by atoms with E-state index in [1.54, 1.807) is 24.5 Å². The van der Waals surface area contributed by atoms with Crippen LogP contribution >= 0.6 is 0 Å². The normalized spacial score (nSPS) is 10.1. The molecule has 0 fully saturated rings. The lowest BCUT2D eigenvalue weighted by atomic mass is 10.2. The highest BCUT2D eigenvalue weighted by molar-refractivity contribution is 5.90. The first-order valence-electron chi connectivity index (χ1n) is 4.74. The van der Waals surface area contributed by atoms with E-state index >= 15 is 0 Å². The van der Waals surface area contributed by atoms with Gasteiger partial charge in [0.25, 0.3) is 0 Å². The van der Waals surface area contributed by atoms with Gasteiger partial charge in [-0.05, 0) is 12.1 Å². The molecule has 0 bridgehead atoms. The first-order chi connectivity index (χ1) is 7.72. The molecule has 0 spiro atoms. The van der Waals surface area contributed by atoms with Crippen LogP contribution in [0.4, 0.5) is 0 Å². The minimum Gasteiger partial charge on any atom is -0.465 e. The van der Waals surface area contributed by atoms with Gasteiger partial charge >= 0.3 is 5.97 Å². The van der Waals surface area contributed by atoms with E-state index in [0.29, 0.717) is 17.1 Å². The molecule has 0 aliphatic carbocycles. The summed E-state index contributed by atoms with van der Waals surface area (Å²) in [7, 11) is 3.22. The number of nitrogens with zero attached hydrogens (tertiary/aromatic N) is 3. The average Bonchev–Trinajstić information content (AvgIpc) is 2.74. The minimum absolute atomic E-state index is 0.377. The van der Waals surface area contributed by atoms with Gasteiger partial charge in [-0.1, -0.05) is 0 Å². The van der Waals surface area contributed by atoms with E-state index < -0.39 is 0 Å². The quantitative estimate of drug-likeness (QED) is 0.711. The number of carbonyl (C=O) groups excluding carboxylic acids is 1. The number of aromatic nitrogens is 3. The number of hydrogen-bond acceptors (Lipinski definition) is 4. The Hall–Kier alpha value is -2.17. The van der Waals surface area contributed by atoms with Crippen molar-refractivity contribution in [3.8, 4) is 11.5 Å². The van der Waals surface area contributed by atoms with Crippen LogP contribution < -0.4 is 0 Å². The van der Waals surface area contributed by atoms with Crippen molar-refractivity contribution >= 4 is 5.97 Å². The summed E-state index contributed by atoms with van der Waals surface area (Å²) in [6.07, 6.45) is 5.07. The summed E-state index contributed by atoms with van der Waals surface area (Å²) in [5.41, 5.74) is 1.12. The molecule has 2 heterocycles. The molecule has 0 radical (unpaired) electrons. The molecule has 2 rings (SSSR count). The Bertz CT molecular complexity index is 519. The Kier molecular flexibility index (Phi) is 2.68. The molecule has 0 atom stereocenters. The molecule has 0 saturated carbocycles. The molecule has 2 aromatic heterocycles. The second-order valence-corrected chi connectivity index (χ2v) is 3.28. The maximum absolute atomic E-state index is 11.3. The SMILES string of the molecule is COC(=O)c1ccnc(-c2nccn2C)c1. The summed E-state index contributed by atoms with van der Waals surface area (Å²) < 4.78 is 6.48. The summed E-state index contributed by atoms with van der Waals surface area (Å²) in [6.45, 7) is 0. The summed E-state index contributed by atoms with van der Waals surface area (Å²) in [5.74, 6) is 0.337. The Morgan fingerprint density at radius 3 is 2.81 bits per heavy atom. The zero-order valence-electron chi connectivity index (χ0n) is 9.04. The Morgan fingerprint density at radius 1 is 1.38 bits per heavy atom. The van der Waals surface area contributed by atoms with E-state index in [9.17, 15) is 4.79 Å². The van der Waals surface area contributed by atoms with Gasteiger partial charge in [-0.3, -0.25) is 4.98 Å². The third-order valence-electron chi connectivity index (χ3n) is 2.23. The molecule has 5 heteroatoms. The topological polar surface area (TPSA) is 57.0 Å². The molecule has 0 aliphatic heterocycles. The van der Waals surface area contributed by atoms with Crippen LogP contribution in [-0.2, 0) is 11.8 Å². The van der Waals surface area contributed by atoms with Crippen LogP contribution in [0.3, 0.4) is 0 Å². The Labute approximate surface area is 92.7 Å². The maximum atomic E-state index is 11.3. The van der Waals surface area contributed by atoms with E-state index in [1.165, 1.54) is 7.11 Å². The predicted octanol–water partition coefficient (Wildman–Crippen LogP) is 1.27. The molecule has 16 heavy (non-hydrogen) atoms. The molecular formula is C11H11N3O2. The number of esters is 1.